The smallest absolute Gasteiger partial charge is 0.264 e. The lowest BCUT2D eigenvalue weighted by Crippen LogP contribution is -2.46. The number of ether oxygens (including phenoxy) is 2. The molecule has 0 aromatic heterocycles. The maximum atomic E-state index is 14.2. The van der Waals surface area contributed by atoms with Crippen molar-refractivity contribution in [1.82, 2.24) is 0 Å². The molecule has 8 heteroatoms. The first kappa shape index (κ1) is 27.8. The molecule has 1 spiro atoms. The molecule has 1 saturated heterocycles. The van der Waals surface area contributed by atoms with Crippen LogP contribution in [-0.2, 0) is 21.7 Å². The summed E-state index contributed by atoms with van der Waals surface area (Å²) in [6, 6.07) is 21.9. The summed E-state index contributed by atoms with van der Waals surface area (Å²) in [7, 11) is 1.58. The van der Waals surface area contributed by atoms with Crippen molar-refractivity contribution >= 4 is 23.2 Å². The first-order valence-corrected chi connectivity index (χ1v) is 13.6. The van der Waals surface area contributed by atoms with Crippen LogP contribution < -0.4 is 15.0 Å². The van der Waals surface area contributed by atoms with Gasteiger partial charge >= 0.3 is 0 Å². The molecule has 0 radical (unpaired) electrons. The number of aliphatic hydroxyl groups is 2. The van der Waals surface area contributed by atoms with Gasteiger partial charge in [0.25, 0.3) is 11.8 Å². The van der Waals surface area contributed by atoms with Crippen LogP contribution in [0.3, 0.4) is 0 Å². The molecule has 40 heavy (non-hydrogen) atoms. The van der Waals surface area contributed by atoms with Crippen LogP contribution in [0, 0.1) is 11.8 Å². The summed E-state index contributed by atoms with van der Waals surface area (Å²) < 4.78 is 11.7. The van der Waals surface area contributed by atoms with Crippen molar-refractivity contribution in [3.63, 3.8) is 0 Å². The Morgan fingerprint density at radius 1 is 1.07 bits per heavy atom. The van der Waals surface area contributed by atoms with Crippen molar-refractivity contribution in [2.24, 2.45) is 11.8 Å². The van der Waals surface area contributed by atoms with Gasteiger partial charge in [0.15, 0.2) is 5.60 Å². The fourth-order valence-corrected chi connectivity index (χ4v) is 6.41. The molecular weight excluding hydrogens is 508 g/mol. The lowest BCUT2D eigenvalue weighted by Gasteiger charge is -2.34. The number of carbonyl (C=O) groups is 2. The lowest BCUT2D eigenvalue weighted by atomic mass is 9.71. The van der Waals surface area contributed by atoms with E-state index < -0.39 is 17.3 Å². The van der Waals surface area contributed by atoms with Gasteiger partial charge in [-0.05, 0) is 68.3 Å². The second-order valence-electron chi connectivity index (χ2n) is 11.2. The maximum absolute atomic E-state index is 14.2. The molecule has 2 heterocycles. The Balaban J connectivity index is 1.38. The van der Waals surface area contributed by atoms with Crippen LogP contribution >= 0.6 is 0 Å². The highest BCUT2D eigenvalue weighted by atomic mass is 16.5. The Kier molecular flexibility index (Phi) is 7.44. The quantitative estimate of drug-likeness (QED) is 0.386. The van der Waals surface area contributed by atoms with Crippen LogP contribution in [0.1, 0.15) is 48.7 Å². The molecule has 0 saturated carbocycles. The summed E-state index contributed by atoms with van der Waals surface area (Å²) in [5.74, 6) is -0.388. The van der Waals surface area contributed by atoms with Crippen LogP contribution in [0.25, 0.3) is 0 Å². The van der Waals surface area contributed by atoms with Crippen LogP contribution in [0.15, 0.2) is 72.8 Å². The number of fused-ring (bicyclic) bond motifs is 2. The lowest BCUT2D eigenvalue weighted by molar-refractivity contribution is -0.146. The highest BCUT2D eigenvalue weighted by molar-refractivity contribution is 6.07. The zero-order valence-electron chi connectivity index (χ0n) is 23.3. The van der Waals surface area contributed by atoms with Crippen molar-refractivity contribution in [2.45, 2.75) is 51.0 Å². The number of nitrogens with zero attached hydrogens (tertiary/aromatic N) is 1. The molecule has 5 rings (SSSR count). The molecule has 2 aliphatic heterocycles. The van der Waals surface area contributed by atoms with Crippen molar-refractivity contribution in [2.75, 3.05) is 23.9 Å². The van der Waals surface area contributed by atoms with E-state index in [1.807, 2.05) is 55.5 Å². The molecule has 0 aliphatic carbocycles. The SMILES string of the molecule is COc1ccc(C(=O)Nc2ccc(CN3C(=O)[C@]4(O[C@H](CCO)[C@@H](C(C)(C)O)[C@@H]4C)c4ccccc43)cc2)cc1. The number of benzene rings is 3. The van der Waals surface area contributed by atoms with Crippen LogP contribution in [0.4, 0.5) is 11.4 Å². The highest BCUT2D eigenvalue weighted by Gasteiger charge is 2.65. The van der Waals surface area contributed by atoms with E-state index in [9.17, 15) is 19.8 Å². The van der Waals surface area contributed by atoms with Gasteiger partial charge in [0.2, 0.25) is 0 Å². The minimum Gasteiger partial charge on any atom is -0.497 e. The number of carbonyl (C=O) groups excluding carboxylic acids is 2. The third-order valence-corrected chi connectivity index (χ3v) is 8.21. The number of aliphatic hydroxyl groups excluding tert-OH is 1. The number of hydrogen-bond donors (Lipinski definition) is 3. The summed E-state index contributed by atoms with van der Waals surface area (Å²) in [6.45, 7) is 5.65. The topological polar surface area (TPSA) is 108 Å². The molecule has 3 N–H and O–H groups in total. The molecule has 8 nitrogen and oxygen atoms in total. The molecule has 0 unspecified atom stereocenters. The second-order valence-corrected chi connectivity index (χ2v) is 11.2. The van der Waals surface area contributed by atoms with Gasteiger partial charge in [-0.15, -0.1) is 0 Å². The third kappa shape index (κ3) is 4.76. The second kappa shape index (κ2) is 10.7. The average Bonchev–Trinajstić information content (AvgIpc) is 3.36. The third-order valence-electron chi connectivity index (χ3n) is 8.21. The minimum absolute atomic E-state index is 0.0963. The highest BCUT2D eigenvalue weighted by Crippen LogP contribution is 2.57. The van der Waals surface area contributed by atoms with Gasteiger partial charge in [0.1, 0.15) is 5.75 Å². The van der Waals surface area contributed by atoms with Gasteiger partial charge in [0.05, 0.1) is 31.0 Å². The van der Waals surface area contributed by atoms with Gasteiger partial charge in [-0.3, -0.25) is 9.59 Å². The normalized spacial score (nSPS) is 23.9. The molecule has 0 bridgehead atoms. The molecule has 210 valence electrons. The number of amides is 2. The number of nitrogens with one attached hydrogen (secondary N) is 1. The van der Waals surface area contributed by atoms with Crippen molar-refractivity contribution in [3.8, 4) is 5.75 Å². The first-order chi connectivity index (χ1) is 19.1. The fourth-order valence-electron chi connectivity index (χ4n) is 6.41. The summed E-state index contributed by atoms with van der Waals surface area (Å²) in [5, 5.41) is 23.6. The van der Waals surface area contributed by atoms with Crippen molar-refractivity contribution < 1.29 is 29.3 Å². The van der Waals surface area contributed by atoms with Gasteiger partial charge in [-0.1, -0.05) is 37.3 Å². The summed E-state index contributed by atoms with van der Waals surface area (Å²) in [6.07, 6.45) is -0.134. The zero-order valence-corrected chi connectivity index (χ0v) is 23.3. The average molecular weight is 545 g/mol. The molecule has 2 amide bonds. The van der Waals surface area contributed by atoms with Gasteiger partial charge in [-0.2, -0.15) is 0 Å². The standard InChI is InChI=1S/C32H36N2O6/c1-20-28(31(2,3)38)27(17-18-35)40-32(20)25-7-5-6-8-26(25)34(30(32)37)19-21-9-13-23(14-10-21)33-29(36)22-11-15-24(39-4)16-12-22/h5-16,20,27-28,35,38H,17-19H2,1-4H3,(H,33,36)/t20-,27+,28-,32+/m0/s1. The summed E-state index contributed by atoms with van der Waals surface area (Å²) in [5.41, 5.74) is 1.26. The summed E-state index contributed by atoms with van der Waals surface area (Å²) >= 11 is 0. The number of anilines is 2. The largest absolute Gasteiger partial charge is 0.497 e. The van der Waals surface area contributed by atoms with Crippen LogP contribution in [-0.4, -0.2) is 47.4 Å². The van der Waals surface area contributed by atoms with E-state index in [1.165, 1.54) is 0 Å². The van der Waals surface area contributed by atoms with Gasteiger partial charge in [-0.25, -0.2) is 0 Å². The number of hydrogen-bond acceptors (Lipinski definition) is 6. The minimum atomic E-state index is -1.24. The predicted molar refractivity (Wildman–Crippen MR) is 152 cm³/mol. The van der Waals surface area contributed by atoms with E-state index in [0.29, 0.717) is 30.0 Å². The van der Waals surface area contributed by atoms with E-state index >= 15 is 0 Å². The fraction of sp³-hybridized carbons (Fsp3) is 0.375. The number of methoxy groups -OCH3 is 1. The number of para-hydroxylation sites is 1. The Morgan fingerprint density at radius 2 is 1.75 bits per heavy atom. The van der Waals surface area contributed by atoms with E-state index in [1.54, 1.807) is 50.1 Å². The Morgan fingerprint density at radius 3 is 2.38 bits per heavy atom. The monoisotopic (exact) mass is 544 g/mol. The van der Waals surface area contributed by atoms with Crippen molar-refractivity contribution in [1.29, 1.82) is 0 Å². The predicted octanol–water partition coefficient (Wildman–Crippen LogP) is 4.49. The molecule has 3 aromatic carbocycles. The van der Waals surface area contributed by atoms with Crippen LogP contribution in [0.5, 0.6) is 5.75 Å². The van der Waals surface area contributed by atoms with E-state index in [0.717, 1.165) is 16.8 Å². The zero-order chi connectivity index (χ0) is 28.7. The Labute approximate surface area is 234 Å². The van der Waals surface area contributed by atoms with Crippen molar-refractivity contribution in [3.05, 3.63) is 89.5 Å². The number of rotatable bonds is 8. The van der Waals surface area contributed by atoms with Gasteiger partial charge < -0.3 is 29.9 Å². The molecular formula is C32H36N2O6. The van der Waals surface area contributed by atoms with E-state index in [2.05, 4.69) is 5.32 Å². The van der Waals surface area contributed by atoms with E-state index in [4.69, 9.17) is 9.47 Å². The van der Waals surface area contributed by atoms with Crippen LogP contribution in [0.2, 0.25) is 0 Å². The molecule has 3 aromatic rings. The molecule has 4 atom stereocenters. The molecule has 2 aliphatic rings. The van der Waals surface area contributed by atoms with E-state index in [-0.39, 0.29) is 30.3 Å². The maximum Gasteiger partial charge on any atom is 0.264 e. The summed E-state index contributed by atoms with van der Waals surface area (Å²) in [4.78, 5) is 28.6. The first-order valence-electron chi connectivity index (χ1n) is 13.6. The Bertz CT molecular complexity index is 1380. The molecule has 1 fully saturated rings. The Hall–Kier alpha value is -3.72. The van der Waals surface area contributed by atoms with Gasteiger partial charge in [0, 0.05) is 35.3 Å².